The van der Waals surface area contributed by atoms with Crippen LogP contribution in [0.2, 0.25) is 78.6 Å². The number of methoxy groups -OCH3 is 4. The van der Waals surface area contributed by atoms with Crippen molar-refractivity contribution >= 4 is 111 Å². The summed E-state index contributed by atoms with van der Waals surface area (Å²) in [6.45, 7) is 26.9. The van der Waals surface area contributed by atoms with Crippen LogP contribution in [-0.4, -0.2) is 93.2 Å². The van der Waals surface area contributed by atoms with Gasteiger partial charge in [-0.15, -0.1) is 0 Å². The van der Waals surface area contributed by atoms with Crippen LogP contribution in [0, 0.1) is 7.14 Å². The minimum Gasteiger partial charge on any atom is -0.481 e. The molecule has 4 aromatic heterocycles. The molecule has 0 unspecified atom stereocenters. The van der Waals surface area contributed by atoms with Crippen LogP contribution in [-0.2, 0) is 0 Å². The highest BCUT2D eigenvalue weighted by molar-refractivity contribution is 14.1. The predicted octanol–water partition coefficient (Wildman–Crippen LogP) is 7.38. The van der Waals surface area contributed by atoms with Crippen molar-refractivity contribution in [2.24, 2.45) is 0 Å². The number of halogens is 2. The molecule has 54 heavy (non-hydrogen) atoms. The average molecular weight is 1030 g/mol. The molecular formula is C38H58I2N4O6Si4. The van der Waals surface area contributed by atoms with Gasteiger partial charge in [-0.2, -0.15) is 0 Å². The largest absolute Gasteiger partial charge is 0.481 e. The van der Waals surface area contributed by atoms with Gasteiger partial charge in [0, 0.05) is 30.9 Å². The maximum absolute atomic E-state index is 10.9. The molecule has 296 valence electrons. The third kappa shape index (κ3) is 15.9. The fourth-order valence-electron chi connectivity index (χ4n) is 4.20. The molecule has 4 heterocycles. The summed E-state index contributed by atoms with van der Waals surface area (Å²) in [6, 6.07) is 15.8. The molecule has 0 aliphatic heterocycles. The van der Waals surface area contributed by atoms with E-state index in [-0.39, 0.29) is 0 Å². The second kappa shape index (κ2) is 21.7. The lowest BCUT2D eigenvalue weighted by atomic mass is 10.3. The Morgan fingerprint density at radius 2 is 0.926 bits per heavy atom. The van der Waals surface area contributed by atoms with Crippen molar-refractivity contribution in [1.82, 2.24) is 19.9 Å². The summed E-state index contributed by atoms with van der Waals surface area (Å²) < 4.78 is 22.4. The van der Waals surface area contributed by atoms with Crippen LogP contribution in [0.5, 0.6) is 23.5 Å². The summed E-state index contributed by atoms with van der Waals surface area (Å²) in [5, 5.41) is 4.51. The van der Waals surface area contributed by atoms with E-state index in [0.717, 1.165) is 42.1 Å². The maximum atomic E-state index is 10.9. The summed E-state index contributed by atoms with van der Waals surface area (Å²) >= 11 is 4.38. The van der Waals surface area contributed by atoms with Gasteiger partial charge < -0.3 is 18.9 Å². The number of nitrogens with zero attached hydrogens (tertiary/aromatic N) is 4. The highest BCUT2D eigenvalue weighted by Crippen LogP contribution is 2.20. The zero-order valence-electron chi connectivity index (χ0n) is 34.8. The van der Waals surface area contributed by atoms with Gasteiger partial charge >= 0.3 is 0 Å². The molecule has 0 aromatic carbocycles. The second-order valence-corrected chi connectivity index (χ2v) is 38.6. The van der Waals surface area contributed by atoms with Crippen LogP contribution in [0.1, 0.15) is 20.7 Å². The molecule has 0 aliphatic rings. The van der Waals surface area contributed by atoms with Crippen molar-refractivity contribution < 1.29 is 28.5 Å². The molecule has 0 bridgehead atoms. The first kappa shape index (κ1) is 49.5. The summed E-state index contributed by atoms with van der Waals surface area (Å²) in [6.07, 6.45) is 1.56. The fourth-order valence-corrected chi connectivity index (χ4v) is 9.76. The number of rotatable bonds is 10. The average Bonchev–Trinajstić information content (AvgIpc) is 3.10. The molecule has 10 nitrogen and oxygen atoms in total. The molecular weight excluding hydrogens is 975 g/mol. The molecule has 0 saturated carbocycles. The lowest BCUT2D eigenvalue weighted by Crippen LogP contribution is -2.40. The highest BCUT2D eigenvalue weighted by atomic mass is 127. The third-order valence-corrected chi connectivity index (χ3v) is 16.5. The number of hydrogen-bond acceptors (Lipinski definition) is 10. The molecule has 4 aromatic rings. The number of aromatic nitrogens is 4. The molecule has 4 rings (SSSR count). The number of ether oxygens (including phenoxy) is 4. The Balaban J connectivity index is 0.000000361. The van der Waals surface area contributed by atoms with E-state index in [9.17, 15) is 9.59 Å². The fraction of sp³-hybridized carbons (Fsp3) is 0.421. The number of aldehydes is 2. The third-order valence-electron chi connectivity index (χ3n) is 7.51. The Morgan fingerprint density at radius 1 is 0.481 bits per heavy atom. The van der Waals surface area contributed by atoms with Gasteiger partial charge in [-0.25, -0.2) is 19.9 Å². The van der Waals surface area contributed by atoms with Gasteiger partial charge in [-0.1, -0.05) is 84.6 Å². The quantitative estimate of drug-likeness (QED) is 0.0905. The number of carbonyl (C=O) groups excluding carboxylic acids is 2. The standard InChI is InChI=1S/C10H14INO2Si.C10H15NO2Si.C9H14INOSi.C9H15NOSi/c1-14-10-7(6-13)8(11)5-9(12-10)15(2,3)4;1-13-10-8(7-12)5-6-9(11-10)14(2,3)4;1-12-9-7(10)5-6-8(11-9)13(2,3)4;1-11-8-6-5-7-9(10-8)12(2,3)4/h5-6H,1-4H3;5-7H,1-4H3;5-6H,1-4H3;5-7H,1-4H3. The lowest BCUT2D eigenvalue weighted by molar-refractivity contribution is 0.111. The minimum absolute atomic E-state index is 0.430. The Morgan fingerprint density at radius 3 is 1.35 bits per heavy atom. The van der Waals surface area contributed by atoms with Crippen LogP contribution < -0.4 is 40.2 Å². The monoisotopic (exact) mass is 1030 g/mol. The highest BCUT2D eigenvalue weighted by Gasteiger charge is 2.23. The van der Waals surface area contributed by atoms with Gasteiger partial charge in [0.15, 0.2) is 12.6 Å². The van der Waals surface area contributed by atoms with E-state index in [2.05, 4.69) is 162 Å². The van der Waals surface area contributed by atoms with Gasteiger partial charge in [0.05, 0.1) is 43.1 Å². The van der Waals surface area contributed by atoms with Gasteiger partial charge in [0.1, 0.15) is 32.3 Å². The minimum atomic E-state index is -1.46. The van der Waals surface area contributed by atoms with Crippen molar-refractivity contribution in [2.45, 2.75) is 78.6 Å². The Bertz CT molecular complexity index is 1840. The molecule has 0 aliphatic carbocycles. The lowest BCUT2D eigenvalue weighted by Gasteiger charge is -2.17. The summed E-state index contributed by atoms with van der Waals surface area (Å²) in [5.74, 6) is 2.34. The zero-order valence-corrected chi connectivity index (χ0v) is 43.1. The first-order chi connectivity index (χ1) is 24.9. The molecule has 0 N–H and O–H groups in total. The van der Waals surface area contributed by atoms with Crippen molar-refractivity contribution in [3.8, 4) is 23.5 Å². The molecule has 0 saturated heterocycles. The van der Waals surface area contributed by atoms with Gasteiger partial charge in [-0.3, -0.25) is 9.59 Å². The molecule has 0 fully saturated rings. The molecule has 0 atom stereocenters. The smallest absolute Gasteiger partial charge is 0.226 e. The molecule has 16 heteroatoms. The molecule has 0 spiro atoms. The van der Waals surface area contributed by atoms with Crippen LogP contribution in [0.4, 0.5) is 0 Å². The van der Waals surface area contributed by atoms with Crippen LogP contribution >= 0.6 is 45.2 Å². The zero-order chi connectivity index (χ0) is 41.7. The van der Waals surface area contributed by atoms with Crippen LogP contribution in [0.15, 0.2) is 48.5 Å². The van der Waals surface area contributed by atoms with E-state index in [1.165, 1.54) is 17.7 Å². The van der Waals surface area contributed by atoms with E-state index in [0.29, 0.717) is 22.9 Å². The van der Waals surface area contributed by atoms with Crippen molar-refractivity contribution in [1.29, 1.82) is 0 Å². The van der Waals surface area contributed by atoms with Gasteiger partial charge in [-0.05, 0) is 81.6 Å². The SMILES string of the molecule is COc1cccc([Si](C)(C)C)n1.COc1nc([Si](C)(C)C)cc(I)c1C=O.COc1nc([Si](C)(C)C)ccc1C=O.COc1nc([Si](C)(C)C)ccc1I. The van der Waals surface area contributed by atoms with Gasteiger partial charge in [0.25, 0.3) is 0 Å². The normalized spacial score (nSPS) is 11.3. The number of hydrogen-bond donors (Lipinski definition) is 0. The van der Waals surface area contributed by atoms with Crippen molar-refractivity contribution in [3.63, 3.8) is 0 Å². The van der Waals surface area contributed by atoms with Gasteiger partial charge in [0.2, 0.25) is 23.5 Å². The van der Waals surface area contributed by atoms with E-state index >= 15 is 0 Å². The van der Waals surface area contributed by atoms with E-state index in [4.69, 9.17) is 18.9 Å². The topological polar surface area (TPSA) is 123 Å². The Hall–Kier alpha value is -2.53. The van der Waals surface area contributed by atoms with E-state index in [1.54, 1.807) is 27.4 Å². The number of carbonyl (C=O) groups is 2. The first-order valence-electron chi connectivity index (χ1n) is 17.3. The second-order valence-electron chi connectivity index (χ2n) is 16.2. The summed E-state index contributed by atoms with van der Waals surface area (Å²) in [4.78, 5) is 39.1. The number of pyridine rings is 4. The summed E-state index contributed by atoms with van der Waals surface area (Å²) in [7, 11) is 0.932. The Labute approximate surface area is 354 Å². The first-order valence-corrected chi connectivity index (χ1v) is 33.5. The molecule has 0 radical (unpaired) electrons. The predicted molar refractivity (Wildman–Crippen MR) is 251 cm³/mol. The van der Waals surface area contributed by atoms with Crippen molar-refractivity contribution in [2.75, 3.05) is 28.4 Å². The maximum Gasteiger partial charge on any atom is 0.226 e. The summed E-state index contributed by atoms with van der Waals surface area (Å²) in [5.41, 5.74) is 1.05. The van der Waals surface area contributed by atoms with Crippen LogP contribution in [0.3, 0.4) is 0 Å². The van der Waals surface area contributed by atoms with Crippen LogP contribution in [0.25, 0.3) is 0 Å². The van der Waals surface area contributed by atoms with E-state index in [1.807, 2.05) is 24.3 Å². The Kier molecular flexibility index (Phi) is 19.9. The molecule has 0 amide bonds. The van der Waals surface area contributed by atoms with E-state index < -0.39 is 32.3 Å². The van der Waals surface area contributed by atoms with Crippen molar-refractivity contribution in [3.05, 3.63) is 66.8 Å².